The zero-order chi connectivity index (χ0) is 15.7. The lowest BCUT2D eigenvalue weighted by molar-refractivity contribution is 0.457. The third kappa shape index (κ3) is 2.68. The second-order valence-electron chi connectivity index (χ2n) is 5.61. The zero-order valence-corrected chi connectivity index (χ0v) is 13.0. The van der Waals surface area contributed by atoms with Crippen molar-refractivity contribution in [1.29, 1.82) is 0 Å². The van der Waals surface area contributed by atoms with Crippen LogP contribution in [-0.4, -0.2) is 30.4 Å². The van der Waals surface area contributed by atoms with E-state index in [0.717, 1.165) is 27.8 Å². The summed E-state index contributed by atoms with van der Waals surface area (Å²) in [6.07, 6.45) is 1.70. The third-order valence-electron chi connectivity index (χ3n) is 3.68. The van der Waals surface area contributed by atoms with E-state index in [1.54, 1.807) is 6.21 Å². The Labute approximate surface area is 129 Å². The Morgan fingerprint density at radius 2 is 1.82 bits per heavy atom. The monoisotopic (exact) mass is 293 g/mol. The molecule has 3 aromatic rings. The molecule has 0 unspecified atom stereocenters. The smallest absolute Gasteiger partial charge is 0.198 e. The number of aryl methyl sites for hydroxylation is 1. The SMILES string of the molecule is Cc1ccc2c(C=Nc3ccc(N(C)C)cc3)c(O)[nH]c2c1. The fourth-order valence-electron chi connectivity index (χ4n) is 2.43. The highest BCUT2D eigenvalue weighted by Crippen LogP contribution is 2.27. The molecule has 0 bridgehead atoms. The summed E-state index contributed by atoms with van der Waals surface area (Å²) < 4.78 is 0. The van der Waals surface area contributed by atoms with Crippen molar-refractivity contribution in [2.45, 2.75) is 6.92 Å². The number of hydrogen-bond donors (Lipinski definition) is 2. The van der Waals surface area contributed by atoms with E-state index >= 15 is 0 Å². The van der Waals surface area contributed by atoms with Crippen LogP contribution in [0.15, 0.2) is 47.5 Å². The maximum absolute atomic E-state index is 10.1. The first-order valence-electron chi connectivity index (χ1n) is 7.17. The molecule has 0 radical (unpaired) electrons. The van der Waals surface area contributed by atoms with Gasteiger partial charge in [0.25, 0.3) is 0 Å². The summed E-state index contributed by atoms with van der Waals surface area (Å²) in [7, 11) is 4.01. The van der Waals surface area contributed by atoms with Crippen molar-refractivity contribution in [1.82, 2.24) is 4.98 Å². The van der Waals surface area contributed by atoms with Crippen molar-refractivity contribution in [3.8, 4) is 5.88 Å². The minimum Gasteiger partial charge on any atom is -0.494 e. The average Bonchev–Trinajstić information content (AvgIpc) is 2.80. The first kappa shape index (κ1) is 14.2. The maximum Gasteiger partial charge on any atom is 0.198 e. The van der Waals surface area contributed by atoms with Crippen LogP contribution >= 0.6 is 0 Å². The Bertz CT molecular complexity index is 829. The summed E-state index contributed by atoms with van der Waals surface area (Å²) in [5.74, 6) is 0.147. The Morgan fingerprint density at radius 3 is 2.50 bits per heavy atom. The quantitative estimate of drug-likeness (QED) is 0.717. The Morgan fingerprint density at radius 1 is 1.09 bits per heavy atom. The molecule has 2 N–H and O–H groups in total. The van der Waals surface area contributed by atoms with E-state index in [9.17, 15) is 5.11 Å². The maximum atomic E-state index is 10.1. The Hall–Kier alpha value is -2.75. The first-order valence-corrected chi connectivity index (χ1v) is 7.17. The van der Waals surface area contributed by atoms with E-state index in [1.165, 1.54) is 0 Å². The van der Waals surface area contributed by atoms with Gasteiger partial charge in [-0.15, -0.1) is 0 Å². The summed E-state index contributed by atoms with van der Waals surface area (Å²) >= 11 is 0. The average molecular weight is 293 g/mol. The molecule has 0 spiro atoms. The molecule has 4 heteroatoms. The minimum absolute atomic E-state index is 0.147. The Kier molecular flexibility index (Phi) is 3.59. The second kappa shape index (κ2) is 5.56. The topological polar surface area (TPSA) is 51.6 Å². The molecule has 0 saturated carbocycles. The van der Waals surface area contributed by atoms with Gasteiger partial charge >= 0.3 is 0 Å². The number of aromatic amines is 1. The van der Waals surface area contributed by atoms with E-state index in [0.29, 0.717) is 5.56 Å². The van der Waals surface area contributed by atoms with Gasteiger partial charge in [0.2, 0.25) is 0 Å². The van der Waals surface area contributed by atoms with Crippen molar-refractivity contribution in [3.05, 3.63) is 53.6 Å². The summed E-state index contributed by atoms with van der Waals surface area (Å²) in [6, 6.07) is 14.0. The van der Waals surface area contributed by atoms with Gasteiger partial charge in [0.1, 0.15) is 0 Å². The molecule has 3 rings (SSSR count). The van der Waals surface area contributed by atoms with Crippen LogP contribution in [0.2, 0.25) is 0 Å². The lowest BCUT2D eigenvalue weighted by Crippen LogP contribution is -2.07. The van der Waals surface area contributed by atoms with Gasteiger partial charge in [0.15, 0.2) is 5.88 Å². The van der Waals surface area contributed by atoms with Gasteiger partial charge in [0.05, 0.1) is 11.3 Å². The number of benzene rings is 2. The van der Waals surface area contributed by atoms with E-state index in [4.69, 9.17) is 0 Å². The molecule has 1 heterocycles. The minimum atomic E-state index is 0.147. The number of fused-ring (bicyclic) bond motifs is 1. The summed E-state index contributed by atoms with van der Waals surface area (Å²) in [6.45, 7) is 2.03. The van der Waals surface area contributed by atoms with Crippen molar-refractivity contribution in [3.63, 3.8) is 0 Å². The van der Waals surface area contributed by atoms with Crippen molar-refractivity contribution in [2.24, 2.45) is 4.99 Å². The van der Waals surface area contributed by atoms with E-state index < -0.39 is 0 Å². The van der Waals surface area contributed by atoms with E-state index in [1.807, 2.05) is 68.4 Å². The highest BCUT2D eigenvalue weighted by molar-refractivity contribution is 6.02. The molecule has 4 nitrogen and oxygen atoms in total. The van der Waals surface area contributed by atoms with Crippen LogP contribution in [0.3, 0.4) is 0 Å². The molecule has 0 atom stereocenters. The van der Waals surface area contributed by atoms with Gasteiger partial charge in [-0.25, -0.2) is 0 Å². The van der Waals surface area contributed by atoms with Crippen LogP contribution in [0.5, 0.6) is 5.88 Å². The molecule has 0 saturated heterocycles. The third-order valence-corrected chi connectivity index (χ3v) is 3.68. The molecular weight excluding hydrogens is 274 g/mol. The normalized spacial score (nSPS) is 11.4. The number of aliphatic imine (C=N–C) groups is 1. The second-order valence-corrected chi connectivity index (χ2v) is 5.61. The fourth-order valence-corrected chi connectivity index (χ4v) is 2.43. The highest BCUT2D eigenvalue weighted by atomic mass is 16.3. The van der Waals surface area contributed by atoms with Gasteiger partial charge in [-0.3, -0.25) is 4.99 Å². The largest absolute Gasteiger partial charge is 0.494 e. The number of nitrogens with zero attached hydrogens (tertiary/aromatic N) is 2. The number of anilines is 1. The van der Waals surface area contributed by atoms with Crippen LogP contribution in [0.25, 0.3) is 10.9 Å². The highest BCUT2D eigenvalue weighted by Gasteiger charge is 2.08. The van der Waals surface area contributed by atoms with Crippen molar-refractivity contribution < 1.29 is 5.11 Å². The van der Waals surface area contributed by atoms with Gasteiger partial charge < -0.3 is 15.0 Å². The number of aromatic nitrogens is 1. The van der Waals surface area contributed by atoms with Crippen LogP contribution in [-0.2, 0) is 0 Å². The predicted octanol–water partition coefficient (Wildman–Crippen LogP) is 4.00. The fraction of sp³-hybridized carbons (Fsp3) is 0.167. The molecule has 22 heavy (non-hydrogen) atoms. The van der Waals surface area contributed by atoms with E-state index in [-0.39, 0.29) is 5.88 Å². The van der Waals surface area contributed by atoms with Crippen LogP contribution in [0.4, 0.5) is 11.4 Å². The molecule has 0 amide bonds. The molecular formula is C18H19N3O. The molecule has 0 aliphatic heterocycles. The van der Waals surface area contributed by atoms with E-state index in [2.05, 4.69) is 9.98 Å². The number of H-pyrrole nitrogens is 1. The summed E-state index contributed by atoms with van der Waals surface area (Å²) in [4.78, 5) is 9.49. The van der Waals surface area contributed by atoms with Gasteiger partial charge in [-0.2, -0.15) is 0 Å². The van der Waals surface area contributed by atoms with Crippen LogP contribution < -0.4 is 4.90 Å². The summed E-state index contributed by atoms with van der Waals surface area (Å²) in [5.41, 5.74) is 4.76. The first-order chi connectivity index (χ1) is 10.5. The Balaban J connectivity index is 1.93. The number of rotatable bonds is 3. The zero-order valence-electron chi connectivity index (χ0n) is 13.0. The lowest BCUT2D eigenvalue weighted by atomic mass is 10.1. The number of aromatic hydroxyl groups is 1. The number of nitrogens with one attached hydrogen (secondary N) is 1. The van der Waals surface area contributed by atoms with Crippen LogP contribution in [0, 0.1) is 6.92 Å². The van der Waals surface area contributed by atoms with Crippen molar-refractivity contribution in [2.75, 3.05) is 19.0 Å². The lowest BCUT2D eigenvalue weighted by Gasteiger charge is -2.11. The summed E-state index contributed by atoms with van der Waals surface area (Å²) in [5, 5.41) is 11.0. The molecule has 0 aliphatic carbocycles. The standard InChI is InChI=1S/C18H19N3O/c1-12-4-9-15-16(18(22)20-17(15)10-12)11-19-13-5-7-14(8-6-13)21(2)3/h4-11,20,22H,1-3H3. The molecule has 2 aromatic carbocycles. The molecule has 112 valence electrons. The molecule has 0 fully saturated rings. The van der Waals surface area contributed by atoms with Gasteiger partial charge in [0, 0.05) is 36.9 Å². The predicted molar refractivity (Wildman–Crippen MR) is 92.7 cm³/mol. The number of hydrogen-bond acceptors (Lipinski definition) is 3. The van der Waals surface area contributed by atoms with Gasteiger partial charge in [-0.05, 0) is 42.8 Å². The molecule has 0 aliphatic rings. The molecule has 1 aromatic heterocycles. The van der Waals surface area contributed by atoms with Crippen molar-refractivity contribution >= 4 is 28.5 Å². The van der Waals surface area contributed by atoms with Gasteiger partial charge in [-0.1, -0.05) is 12.1 Å². The van der Waals surface area contributed by atoms with Crippen LogP contribution in [0.1, 0.15) is 11.1 Å².